The Morgan fingerprint density at radius 2 is 1.95 bits per heavy atom. The standard InChI is InChI=1S/C15H14ClF2NO/c1-9-3-2-4-11(16)15(9)19-8-14(20)10-5-6-12(17)13(18)7-10/h2-7,14,19-20H,8H2,1H3. The monoisotopic (exact) mass is 297 g/mol. The molecule has 1 unspecified atom stereocenters. The van der Waals surface area contributed by atoms with Gasteiger partial charge >= 0.3 is 0 Å². The van der Waals surface area contributed by atoms with Gasteiger partial charge in [0.15, 0.2) is 11.6 Å². The van der Waals surface area contributed by atoms with Crippen molar-refractivity contribution in [1.29, 1.82) is 0 Å². The molecule has 0 aliphatic rings. The minimum absolute atomic E-state index is 0.148. The molecule has 2 N–H and O–H groups in total. The number of nitrogens with one attached hydrogen (secondary N) is 1. The molecule has 0 heterocycles. The zero-order chi connectivity index (χ0) is 14.7. The topological polar surface area (TPSA) is 32.3 Å². The number of halogens is 3. The molecule has 0 aliphatic heterocycles. The Morgan fingerprint density at radius 3 is 2.60 bits per heavy atom. The van der Waals surface area contributed by atoms with Gasteiger partial charge in [-0.15, -0.1) is 0 Å². The molecular weight excluding hydrogens is 284 g/mol. The van der Waals surface area contributed by atoms with Crippen molar-refractivity contribution in [2.75, 3.05) is 11.9 Å². The third-order valence-corrected chi connectivity index (χ3v) is 3.34. The molecule has 0 bridgehead atoms. The number of benzene rings is 2. The Balaban J connectivity index is 2.08. The van der Waals surface area contributed by atoms with Crippen LogP contribution in [0.3, 0.4) is 0 Å². The van der Waals surface area contributed by atoms with E-state index in [0.717, 1.165) is 23.4 Å². The first-order chi connectivity index (χ1) is 9.49. The number of rotatable bonds is 4. The van der Waals surface area contributed by atoms with Crippen molar-refractivity contribution >= 4 is 17.3 Å². The fourth-order valence-electron chi connectivity index (χ4n) is 1.89. The number of hydrogen-bond acceptors (Lipinski definition) is 2. The lowest BCUT2D eigenvalue weighted by Crippen LogP contribution is -2.13. The van der Waals surface area contributed by atoms with E-state index >= 15 is 0 Å². The molecule has 2 aromatic rings. The van der Waals surface area contributed by atoms with Crippen LogP contribution in [0.2, 0.25) is 5.02 Å². The minimum Gasteiger partial charge on any atom is -0.387 e. The molecule has 20 heavy (non-hydrogen) atoms. The number of aliphatic hydroxyl groups is 1. The summed E-state index contributed by atoms with van der Waals surface area (Å²) < 4.78 is 25.9. The minimum atomic E-state index is -0.976. The van der Waals surface area contributed by atoms with Gasteiger partial charge in [0.1, 0.15) is 0 Å². The van der Waals surface area contributed by atoms with Gasteiger partial charge in [0, 0.05) is 6.54 Å². The lowest BCUT2D eigenvalue weighted by molar-refractivity contribution is 0.191. The Kier molecular flexibility index (Phi) is 4.57. The first-order valence-corrected chi connectivity index (χ1v) is 6.49. The fraction of sp³-hybridized carbons (Fsp3) is 0.200. The largest absolute Gasteiger partial charge is 0.387 e. The maximum absolute atomic E-state index is 13.1. The summed E-state index contributed by atoms with van der Waals surface area (Å²) in [6.45, 7) is 2.04. The third kappa shape index (κ3) is 3.26. The van der Waals surface area contributed by atoms with E-state index in [9.17, 15) is 13.9 Å². The quantitative estimate of drug-likeness (QED) is 0.891. The highest BCUT2D eigenvalue weighted by atomic mass is 35.5. The van der Waals surface area contributed by atoms with Crippen molar-refractivity contribution in [2.24, 2.45) is 0 Å². The van der Waals surface area contributed by atoms with Crippen LogP contribution in [0.1, 0.15) is 17.2 Å². The van der Waals surface area contributed by atoms with E-state index in [0.29, 0.717) is 10.6 Å². The van der Waals surface area contributed by atoms with Crippen molar-refractivity contribution in [1.82, 2.24) is 0 Å². The molecule has 2 rings (SSSR count). The number of aliphatic hydroxyl groups excluding tert-OH is 1. The number of anilines is 1. The van der Waals surface area contributed by atoms with E-state index in [1.54, 1.807) is 6.07 Å². The molecule has 0 aromatic heterocycles. The number of aryl methyl sites for hydroxylation is 1. The molecule has 106 valence electrons. The van der Waals surface area contributed by atoms with Crippen molar-refractivity contribution in [3.05, 3.63) is 64.2 Å². The summed E-state index contributed by atoms with van der Waals surface area (Å²) in [7, 11) is 0. The van der Waals surface area contributed by atoms with Crippen molar-refractivity contribution in [2.45, 2.75) is 13.0 Å². The lowest BCUT2D eigenvalue weighted by atomic mass is 10.1. The normalized spacial score (nSPS) is 12.2. The van der Waals surface area contributed by atoms with Crippen LogP contribution in [-0.4, -0.2) is 11.7 Å². The smallest absolute Gasteiger partial charge is 0.159 e. The van der Waals surface area contributed by atoms with E-state index in [-0.39, 0.29) is 6.54 Å². The Labute approximate surface area is 121 Å². The van der Waals surface area contributed by atoms with E-state index < -0.39 is 17.7 Å². The molecule has 0 amide bonds. The lowest BCUT2D eigenvalue weighted by Gasteiger charge is -2.16. The second-order valence-electron chi connectivity index (χ2n) is 4.50. The highest BCUT2D eigenvalue weighted by Crippen LogP contribution is 2.26. The average molecular weight is 298 g/mol. The van der Waals surface area contributed by atoms with Gasteiger partial charge in [0.05, 0.1) is 16.8 Å². The van der Waals surface area contributed by atoms with Crippen LogP contribution < -0.4 is 5.32 Å². The summed E-state index contributed by atoms with van der Waals surface area (Å²) >= 11 is 6.05. The number of para-hydroxylation sites is 1. The van der Waals surface area contributed by atoms with Gasteiger partial charge in [-0.1, -0.05) is 29.8 Å². The average Bonchev–Trinajstić information content (AvgIpc) is 2.41. The van der Waals surface area contributed by atoms with E-state index in [1.807, 2.05) is 19.1 Å². The maximum Gasteiger partial charge on any atom is 0.159 e. The van der Waals surface area contributed by atoms with Crippen LogP contribution in [-0.2, 0) is 0 Å². The Hall–Kier alpha value is -1.65. The SMILES string of the molecule is Cc1cccc(Cl)c1NCC(O)c1ccc(F)c(F)c1. The van der Waals surface area contributed by atoms with E-state index in [4.69, 9.17) is 11.6 Å². The van der Waals surface area contributed by atoms with Gasteiger partial charge < -0.3 is 10.4 Å². The van der Waals surface area contributed by atoms with Gasteiger partial charge in [-0.25, -0.2) is 8.78 Å². The maximum atomic E-state index is 13.1. The van der Waals surface area contributed by atoms with E-state index in [1.165, 1.54) is 6.07 Å². The highest BCUT2D eigenvalue weighted by molar-refractivity contribution is 6.33. The number of hydrogen-bond donors (Lipinski definition) is 2. The second kappa shape index (κ2) is 6.20. The summed E-state index contributed by atoms with van der Waals surface area (Å²) in [5, 5.41) is 13.5. The van der Waals surface area contributed by atoms with Gasteiger partial charge in [-0.3, -0.25) is 0 Å². The molecular formula is C15H14ClF2NO. The summed E-state index contributed by atoms with van der Waals surface area (Å²) in [6, 6.07) is 8.79. The van der Waals surface area contributed by atoms with Crippen LogP contribution in [0.15, 0.2) is 36.4 Å². The zero-order valence-corrected chi connectivity index (χ0v) is 11.6. The molecule has 0 radical (unpaired) electrons. The molecule has 0 aliphatic carbocycles. The molecule has 0 saturated heterocycles. The Bertz CT molecular complexity index is 599. The summed E-state index contributed by atoms with van der Waals surface area (Å²) in [5.41, 5.74) is 1.96. The first-order valence-electron chi connectivity index (χ1n) is 6.11. The van der Waals surface area contributed by atoms with E-state index in [2.05, 4.69) is 5.32 Å². The van der Waals surface area contributed by atoms with Crippen molar-refractivity contribution in [3.8, 4) is 0 Å². The molecule has 0 spiro atoms. The summed E-state index contributed by atoms with van der Waals surface area (Å²) in [6.07, 6.45) is -0.958. The van der Waals surface area contributed by atoms with Gasteiger partial charge in [0.25, 0.3) is 0 Å². The van der Waals surface area contributed by atoms with Crippen LogP contribution in [0.5, 0.6) is 0 Å². The van der Waals surface area contributed by atoms with Crippen LogP contribution in [0.4, 0.5) is 14.5 Å². The van der Waals surface area contributed by atoms with Crippen LogP contribution in [0, 0.1) is 18.6 Å². The van der Waals surface area contributed by atoms with Crippen LogP contribution >= 0.6 is 11.6 Å². The molecule has 0 saturated carbocycles. The second-order valence-corrected chi connectivity index (χ2v) is 4.91. The Morgan fingerprint density at radius 1 is 1.20 bits per heavy atom. The van der Waals surface area contributed by atoms with Crippen molar-refractivity contribution < 1.29 is 13.9 Å². The van der Waals surface area contributed by atoms with Gasteiger partial charge in [-0.2, -0.15) is 0 Å². The van der Waals surface area contributed by atoms with Crippen molar-refractivity contribution in [3.63, 3.8) is 0 Å². The van der Waals surface area contributed by atoms with Gasteiger partial charge in [0.2, 0.25) is 0 Å². The van der Waals surface area contributed by atoms with Gasteiger partial charge in [-0.05, 0) is 36.2 Å². The van der Waals surface area contributed by atoms with Crippen LogP contribution in [0.25, 0.3) is 0 Å². The summed E-state index contributed by atoms with van der Waals surface area (Å²) in [4.78, 5) is 0. The third-order valence-electron chi connectivity index (χ3n) is 3.02. The predicted molar refractivity (Wildman–Crippen MR) is 76.0 cm³/mol. The molecule has 0 fully saturated rings. The highest BCUT2D eigenvalue weighted by Gasteiger charge is 2.12. The first kappa shape index (κ1) is 14.8. The molecule has 2 aromatic carbocycles. The summed E-state index contributed by atoms with van der Waals surface area (Å²) in [5.74, 6) is -1.91. The molecule has 1 atom stereocenters. The predicted octanol–water partition coefficient (Wildman–Crippen LogP) is 4.07. The fourth-order valence-corrected chi connectivity index (χ4v) is 2.18. The molecule has 2 nitrogen and oxygen atoms in total. The zero-order valence-electron chi connectivity index (χ0n) is 10.8. The molecule has 5 heteroatoms.